The number of benzene rings is 2. The third-order valence-corrected chi connectivity index (χ3v) is 6.51. The van der Waals surface area contributed by atoms with Crippen molar-refractivity contribution in [1.29, 1.82) is 0 Å². The van der Waals surface area contributed by atoms with Gasteiger partial charge in [-0.05, 0) is 29.2 Å². The fraction of sp³-hybridized carbons (Fsp3) is 0.333. The van der Waals surface area contributed by atoms with Gasteiger partial charge in [0.15, 0.2) is 11.5 Å². The molecule has 4 rings (SSSR count). The lowest BCUT2D eigenvalue weighted by Gasteiger charge is -2.26. The van der Waals surface area contributed by atoms with Crippen molar-refractivity contribution in [2.24, 2.45) is 0 Å². The summed E-state index contributed by atoms with van der Waals surface area (Å²) in [6.07, 6.45) is 5.63. The van der Waals surface area contributed by atoms with E-state index >= 15 is 0 Å². The highest BCUT2D eigenvalue weighted by Crippen LogP contribution is 2.34. The zero-order valence-corrected chi connectivity index (χ0v) is 17.9. The quantitative estimate of drug-likeness (QED) is 0.519. The van der Waals surface area contributed by atoms with Gasteiger partial charge in [0.1, 0.15) is 0 Å². The lowest BCUT2D eigenvalue weighted by Crippen LogP contribution is -2.30. The number of rotatable bonds is 8. The summed E-state index contributed by atoms with van der Waals surface area (Å²) in [5, 5.41) is 1.21. The average molecular weight is 409 g/mol. The first-order chi connectivity index (χ1) is 14.3. The lowest BCUT2D eigenvalue weighted by molar-refractivity contribution is 0.321. The smallest absolute Gasteiger partial charge is 0.162 e. The molecule has 5 heteroatoms. The monoisotopic (exact) mass is 408 g/mol. The second kappa shape index (κ2) is 9.42. The zero-order valence-electron chi connectivity index (χ0n) is 17.1. The molecule has 1 N–H and O–H groups in total. The third kappa shape index (κ3) is 4.62. The van der Waals surface area contributed by atoms with Crippen molar-refractivity contribution in [3.05, 3.63) is 65.9 Å². The van der Waals surface area contributed by atoms with Crippen molar-refractivity contribution in [1.82, 2.24) is 9.88 Å². The highest BCUT2D eigenvalue weighted by molar-refractivity contribution is 7.98. The first-order valence-electron chi connectivity index (χ1n) is 10.0. The van der Waals surface area contributed by atoms with Gasteiger partial charge in [-0.3, -0.25) is 4.90 Å². The van der Waals surface area contributed by atoms with E-state index in [1.165, 1.54) is 22.1 Å². The van der Waals surface area contributed by atoms with Crippen LogP contribution in [0.1, 0.15) is 17.5 Å². The van der Waals surface area contributed by atoms with E-state index in [9.17, 15) is 0 Å². The summed E-state index contributed by atoms with van der Waals surface area (Å²) in [6, 6.07) is 14.8. The van der Waals surface area contributed by atoms with E-state index in [0.717, 1.165) is 54.6 Å². The summed E-state index contributed by atoms with van der Waals surface area (Å²) in [5.41, 5.74) is 5.26. The number of nitrogens with zero attached hydrogens (tertiary/aromatic N) is 1. The Bertz CT molecular complexity index is 981. The normalized spacial score (nSPS) is 14.8. The van der Waals surface area contributed by atoms with Crippen LogP contribution in [0.4, 0.5) is 0 Å². The van der Waals surface area contributed by atoms with E-state index in [1.54, 1.807) is 14.2 Å². The molecule has 2 aromatic carbocycles. The largest absolute Gasteiger partial charge is 0.493 e. The van der Waals surface area contributed by atoms with Crippen LogP contribution in [0.25, 0.3) is 16.5 Å². The lowest BCUT2D eigenvalue weighted by atomic mass is 10.00. The van der Waals surface area contributed by atoms with E-state index in [4.69, 9.17) is 9.47 Å². The van der Waals surface area contributed by atoms with Crippen molar-refractivity contribution in [3.8, 4) is 11.5 Å². The highest BCUT2D eigenvalue weighted by atomic mass is 32.2. The molecule has 0 fully saturated rings. The number of nitrogens with one attached hydrogen (secondary N) is 1. The summed E-state index contributed by atoms with van der Waals surface area (Å²) in [5.74, 6) is 3.66. The predicted molar refractivity (Wildman–Crippen MR) is 123 cm³/mol. The van der Waals surface area contributed by atoms with E-state index in [0.29, 0.717) is 0 Å². The molecule has 0 bridgehead atoms. The van der Waals surface area contributed by atoms with Crippen LogP contribution in [-0.2, 0) is 5.75 Å². The Kier molecular flexibility index (Phi) is 6.47. The molecule has 0 atom stereocenters. The second-order valence-corrected chi connectivity index (χ2v) is 8.37. The van der Waals surface area contributed by atoms with E-state index < -0.39 is 0 Å². The van der Waals surface area contributed by atoms with Gasteiger partial charge in [0.05, 0.1) is 14.2 Å². The highest BCUT2D eigenvalue weighted by Gasteiger charge is 2.13. The molecule has 3 aromatic rings. The second-order valence-electron chi connectivity index (χ2n) is 7.27. The number of aromatic nitrogens is 1. The maximum absolute atomic E-state index is 5.46. The van der Waals surface area contributed by atoms with Gasteiger partial charge in [-0.2, -0.15) is 11.8 Å². The number of H-pyrrole nitrogens is 1. The molecular formula is C24H28N2O2S. The maximum Gasteiger partial charge on any atom is 0.162 e. The summed E-state index contributed by atoms with van der Waals surface area (Å²) in [4.78, 5) is 5.90. The van der Waals surface area contributed by atoms with Crippen LogP contribution in [0, 0.1) is 0 Å². The van der Waals surface area contributed by atoms with Gasteiger partial charge in [0.2, 0.25) is 0 Å². The van der Waals surface area contributed by atoms with Crippen LogP contribution in [0.15, 0.2) is 54.7 Å². The first kappa shape index (κ1) is 19.9. The van der Waals surface area contributed by atoms with Crippen LogP contribution >= 0.6 is 11.8 Å². The summed E-state index contributed by atoms with van der Waals surface area (Å²) in [7, 11) is 3.35. The Labute approximate surface area is 176 Å². The minimum absolute atomic E-state index is 0.758. The number of aromatic amines is 1. The number of thioether (sulfide) groups is 1. The minimum atomic E-state index is 0.758. The Balaban J connectivity index is 1.29. The van der Waals surface area contributed by atoms with Crippen LogP contribution < -0.4 is 9.47 Å². The first-order valence-corrected chi connectivity index (χ1v) is 11.2. The van der Waals surface area contributed by atoms with Crippen LogP contribution in [0.2, 0.25) is 0 Å². The van der Waals surface area contributed by atoms with E-state index in [1.807, 2.05) is 17.8 Å². The van der Waals surface area contributed by atoms with Crippen molar-refractivity contribution in [2.45, 2.75) is 12.2 Å². The Hall–Kier alpha value is -2.37. The molecule has 29 heavy (non-hydrogen) atoms. The number of hydrogen-bond acceptors (Lipinski definition) is 4. The zero-order chi connectivity index (χ0) is 20.1. The van der Waals surface area contributed by atoms with E-state index in [2.05, 4.69) is 58.6 Å². The maximum atomic E-state index is 5.46. The van der Waals surface area contributed by atoms with Gasteiger partial charge < -0.3 is 14.5 Å². The fourth-order valence-electron chi connectivity index (χ4n) is 3.83. The third-order valence-electron chi connectivity index (χ3n) is 5.52. The summed E-state index contributed by atoms with van der Waals surface area (Å²) < 4.78 is 10.9. The van der Waals surface area contributed by atoms with Crippen molar-refractivity contribution >= 4 is 28.2 Å². The van der Waals surface area contributed by atoms with Crippen molar-refractivity contribution < 1.29 is 9.47 Å². The topological polar surface area (TPSA) is 37.5 Å². The van der Waals surface area contributed by atoms with Gasteiger partial charge in [-0.15, -0.1) is 0 Å². The van der Waals surface area contributed by atoms with Crippen molar-refractivity contribution in [2.75, 3.05) is 39.6 Å². The Morgan fingerprint density at radius 2 is 1.86 bits per heavy atom. The molecule has 1 aliphatic rings. The average Bonchev–Trinajstić information content (AvgIpc) is 3.18. The Morgan fingerprint density at radius 3 is 2.59 bits per heavy atom. The molecule has 1 aromatic heterocycles. The van der Waals surface area contributed by atoms with E-state index in [-0.39, 0.29) is 0 Å². The molecule has 0 unspecified atom stereocenters. The van der Waals surface area contributed by atoms with Gasteiger partial charge in [-0.1, -0.05) is 36.4 Å². The van der Waals surface area contributed by atoms with Gasteiger partial charge in [0.25, 0.3) is 0 Å². The molecule has 0 aliphatic carbocycles. The molecule has 0 saturated carbocycles. The molecule has 0 spiro atoms. The fourth-order valence-corrected chi connectivity index (χ4v) is 4.82. The summed E-state index contributed by atoms with van der Waals surface area (Å²) >= 11 is 1.99. The molecule has 0 saturated heterocycles. The number of methoxy groups -OCH3 is 2. The van der Waals surface area contributed by atoms with Crippen molar-refractivity contribution in [3.63, 3.8) is 0 Å². The SMILES string of the molecule is COc1cc2[nH]cc(CSCCN3CC=C(c4ccccc4)CC3)c2cc1OC. The molecule has 1 aliphatic heterocycles. The standard InChI is InChI=1S/C24H28N2O2S/c1-27-23-14-21-20(16-25-22(21)15-24(23)28-2)17-29-13-12-26-10-8-19(9-11-26)18-6-4-3-5-7-18/h3-8,14-16,25H,9-13,17H2,1-2H3. The van der Waals surface area contributed by atoms with Crippen LogP contribution in [-0.4, -0.2) is 49.5 Å². The molecule has 4 nitrogen and oxygen atoms in total. The van der Waals surface area contributed by atoms with Crippen LogP contribution in [0.5, 0.6) is 11.5 Å². The number of fused-ring (bicyclic) bond motifs is 1. The minimum Gasteiger partial charge on any atom is -0.493 e. The van der Waals surface area contributed by atoms with Gasteiger partial charge >= 0.3 is 0 Å². The van der Waals surface area contributed by atoms with Gasteiger partial charge in [-0.25, -0.2) is 0 Å². The molecule has 0 amide bonds. The molecule has 152 valence electrons. The van der Waals surface area contributed by atoms with Crippen LogP contribution in [0.3, 0.4) is 0 Å². The number of ether oxygens (including phenoxy) is 2. The number of hydrogen-bond donors (Lipinski definition) is 1. The molecule has 0 radical (unpaired) electrons. The van der Waals surface area contributed by atoms with Gasteiger partial charge in [0, 0.05) is 54.3 Å². The summed E-state index contributed by atoms with van der Waals surface area (Å²) in [6.45, 7) is 3.32. The Morgan fingerprint density at radius 1 is 1.07 bits per heavy atom. The molecule has 2 heterocycles. The molecular weight excluding hydrogens is 380 g/mol. The predicted octanol–water partition coefficient (Wildman–Crippen LogP) is 5.21.